The van der Waals surface area contributed by atoms with Crippen molar-refractivity contribution < 1.29 is 13.5 Å². The minimum atomic E-state index is -2.82. The first-order valence-electron chi connectivity index (χ1n) is 11.1. The smallest absolute Gasteiger partial charge is 0.387 e. The van der Waals surface area contributed by atoms with Gasteiger partial charge in [0.25, 0.3) is 0 Å². The molecule has 0 aromatic heterocycles. The van der Waals surface area contributed by atoms with Crippen LogP contribution in [-0.4, -0.2) is 69.3 Å². The van der Waals surface area contributed by atoms with E-state index >= 15 is 0 Å². The Hall–Kier alpha value is -1.36. The first kappa shape index (κ1) is 25.9. The highest BCUT2D eigenvalue weighted by molar-refractivity contribution is 14.0. The molecule has 2 aliphatic rings. The van der Waals surface area contributed by atoms with Gasteiger partial charge in [-0.05, 0) is 57.3 Å². The third-order valence-corrected chi connectivity index (χ3v) is 5.71. The molecule has 0 radical (unpaired) electrons. The summed E-state index contributed by atoms with van der Waals surface area (Å²) in [6.45, 7) is 8.10. The summed E-state index contributed by atoms with van der Waals surface area (Å²) in [7, 11) is 0. The molecule has 31 heavy (non-hydrogen) atoms. The van der Waals surface area contributed by atoms with Crippen LogP contribution in [-0.2, 0) is 0 Å². The molecule has 9 heteroatoms. The molecule has 0 spiro atoms. The maximum atomic E-state index is 12.7. The highest BCUT2D eigenvalue weighted by Gasteiger charge is 2.26. The van der Waals surface area contributed by atoms with Crippen LogP contribution < -0.4 is 20.3 Å². The molecule has 6 nitrogen and oxygen atoms in total. The normalized spacial score (nSPS) is 22.0. The molecule has 2 heterocycles. The van der Waals surface area contributed by atoms with Crippen LogP contribution in [0.1, 0.15) is 33.1 Å². The van der Waals surface area contributed by atoms with Crippen molar-refractivity contribution >= 4 is 35.6 Å². The molecule has 0 saturated carbocycles. The maximum absolute atomic E-state index is 12.7. The zero-order valence-electron chi connectivity index (χ0n) is 18.5. The number of alkyl halides is 2. The average Bonchev–Trinajstić information content (AvgIpc) is 3.36. The van der Waals surface area contributed by atoms with Crippen molar-refractivity contribution in [2.24, 2.45) is 10.9 Å². The van der Waals surface area contributed by atoms with Crippen LogP contribution >= 0.6 is 24.0 Å². The lowest BCUT2D eigenvalue weighted by Gasteiger charge is -2.22. The van der Waals surface area contributed by atoms with Gasteiger partial charge in [0.15, 0.2) is 5.96 Å². The first-order valence-corrected chi connectivity index (χ1v) is 11.1. The number of ether oxygens (including phenoxy) is 1. The Morgan fingerprint density at radius 1 is 1.19 bits per heavy atom. The summed E-state index contributed by atoms with van der Waals surface area (Å²) in [4.78, 5) is 9.45. The van der Waals surface area contributed by atoms with Crippen molar-refractivity contribution in [3.05, 3.63) is 24.3 Å². The number of hydrogen-bond acceptors (Lipinski definition) is 4. The summed E-state index contributed by atoms with van der Waals surface area (Å²) in [5.41, 5.74) is 0.714. The molecule has 1 aromatic carbocycles. The van der Waals surface area contributed by atoms with E-state index in [-0.39, 0.29) is 35.8 Å². The van der Waals surface area contributed by atoms with Crippen molar-refractivity contribution in [2.75, 3.05) is 50.7 Å². The van der Waals surface area contributed by atoms with Gasteiger partial charge in [-0.25, -0.2) is 0 Å². The predicted octanol–water partition coefficient (Wildman–Crippen LogP) is 3.77. The highest BCUT2D eigenvalue weighted by atomic mass is 127. The van der Waals surface area contributed by atoms with E-state index in [1.165, 1.54) is 25.9 Å². The zero-order valence-corrected chi connectivity index (χ0v) is 20.9. The van der Waals surface area contributed by atoms with Gasteiger partial charge in [0.1, 0.15) is 5.75 Å². The fourth-order valence-corrected chi connectivity index (χ4v) is 4.33. The number of guanidine groups is 1. The van der Waals surface area contributed by atoms with Gasteiger partial charge in [-0.2, -0.15) is 8.78 Å². The van der Waals surface area contributed by atoms with Crippen LogP contribution in [0.5, 0.6) is 5.75 Å². The second kappa shape index (κ2) is 13.2. The van der Waals surface area contributed by atoms with E-state index in [9.17, 15) is 8.78 Å². The molecule has 2 fully saturated rings. The summed E-state index contributed by atoms with van der Waals surface area (Å²) < 4.78 is 30.1. The van der Waals surface area contributed by atoms with Gasteiger partial charge < -0.3 is 25.2 Å². The summed E-state index contributed by atoms with van der Waals surface area (Å²) in [5.74, 6) is 1.69. The van der Waals surface area contributed by atoms with Gasteiger partial charge in [-0.15, -0.1) is 24.0 Å². The summed E-state index contributed by atoms with van der Waals surface area (Å²) in [6.07, 6.45) is 3.33. The van der Waals surface area contributed by atoms with Crippen LogP contribution in [0.25, 0.3) is 0 Å². The molecule has 1 aromatic rings. The second-order valence-corrected chi connectivity index (χ2v) is 8.10. The third-order valence-electron chi connectivity index (χ3n) is 5.71. The number of hydrogen-bond donors (Lipinski definition) is 2. The summed E-state index contributed by atoms with van der Waals surface area (Å²) >= 11 is 0. The van der Waals surface area contributed by atoms with Crippen LogP contribution in [0.15, 0.2) is 29.3 Å². The molecule has 2 atom stereocenters. The molecule has 2 N–H and O–H groups in total. The van der Waals surface area contributed by atoms with E-state index in [0.717, 1.165) is 45.1 Å². The lowest BCUT2D eigenvalue weighted by Crippen LogP contribution is -2.45. The number of aliphatic imine (C=N–C) groups is 1. The summed E-state index contributed by atoms with van der Waals surface area (Å²) in [5, 5.41) is 6.88. The second-order valence-electron chi connectivity index (χ2n) is 8.10. The number of anilines is 1. The van der Waals surface area contributed by atoms with Crippen LogP contribution in [0.3, 0.4) is 0 Å². The molecule has 2 aliphatic heterocycles. The first-order chi connectivity index (χ1) is 14.6. The lowest BCUT2D eigenvalue weighted by atomic mass is 10.1. The fraction of sp³-hybridized carbons (Fsp3) is 0.682. The lowest BCUT2D eigenvalue weighted by molar-refractivity contribution is -0.0495. The predicted molar refractivity (Wildman–Crippen MR) is 133 cm³/mol. The van der Waals surface area contributed by atoms with E-state index in [1.54, 1.807) is 12.1 Å². The molecule has 176 valence electrons. The van der Waals surface area contributed by atoms with Gasteiger partial charge in [-0.1, -0.05) is 19.1 Å². The number of nitrogens with zero attached hydrogens (tertiary/aromatic N) is 3. The Bertz CT molecular complexity index is 694. The Morgan fingerprint density at radius 2 is 2.00 bits per heavy atom. The molecule has 2 unspecified atom stereocenters. The monoisotopic (exact) mass is 551 g/mol. The average molecular weight is 551 g/mol. The Labute approximate surface area is 201 Å². The van der Waals surface area contributed by atoms with Gasteiger partial charge in [0, 0.05) is 38.8 Å². The zero-order chi connectivity index (χ0) is 21.3. The molecule has 2 saturated heterocycles. The Kier molecular flexibility index (Phi) is 11.1. The fourth-order valence-electron chi connectivity index (χ4n) is 4.33. The highest BCUT2D eigenvalue weighted by Crippen LogP contribution is 2.31. The minimum Gasteiger partial charge on any atom is -0.433 e. The van der Waals surface area contributed by atoms with E-state index in [2.05, 4.69) is 34.3 Å². The minimum absolute atomic E-state index is 0. The van der Waals surface area contributed by atoms with Gasteiger partial charge in [-0.3, -0.25) is 4.99 Å². The Balaban J connectivity index is 0.00000341. The largest absolute Gasteiger partial charge is 0.433 e. The molecular formula is C22H36F2IN5O. The van der Waals surface area contributed by atoms with Crippen LogP contribution in [0, 0.1) is 5.92 Å². The molecule has 0 aliphatic carbocycles. The van der Waals surface area contributed by atoms with Gasteiger partial charge in [0.05, 0.1) is 5.69 Å². The van der Waals surface area contributed by atoms with Crippen molar-refractivity contribution in [2.45, 2.75) is 45.8 Å². The van der Waals surface area contributed by atoms with Crippen molar-refractivity contribution in [1.29, 1.82) is 0 Å². The van der Waals surface area contributed by atoms with Crippen LogP contribution in [0.4, 0.5) is 14.5 Å². The van der Waals surface area contributed by atoms with Gasteiger partial charge in [0.2, 0.25) is 0 Å². The quantitative estimate of drug-likeness (QED) is 0.278. The molecule has 3 rings (SSSR count). The number of para-hydroxylation sites is 2. The van der Waals surface area contributed by atoms with E-state index in [4.69, 9.17) is 9.73 Å². The number of likely N-dealkylation sites (tertiary alicyclic amines) is 1. The molecular weight excluding hydrogens is 515 g/mol. The van der Waals surface area contributed by atoms with Crippen molar-refractivity contribution in [3.63, 3.8) is 0 Å². The topological polar surface area (TPSA) is 52.1 Å². The van der Waals surface area contributed by atoms with Gasteiger partial charge >= 0.3 is 6.61 Å². The number of nitrogens with one attached hydrogen (secondary N) is 2. The standard InChI is InChI=1S/C22H35F2N5O.HI/c1-3-11-28-12-9-17(15-28)14-26-22(25-4-2)27-18-10-13-29(16-18)19-7-5-6-8-20(19)30-21(23)24;/h5-8,17-18,21H,3-4,9-16H2,1-2H3,(H2,25,26,27);1H. The molecule has 0 amide bonds. The van der Waals surface area contributed by atoms with E-state index in [0.29, 0.717) is 11.6 Å². The van der Waals surface area contributed by atoms with E-state index in [1.807, 2.05) is 12.1 Å². The van der Waals surface area contributed by atoms with Crippen molar-refractivity contribution in [3.8, 4) is 5.75 Å². The summed E-state index contributed by atoms with van der Waals surface area (Å²) in [6, 6.07) is 7.21. The maximum Gasteiger partial charge on any atom is 0.387 e. The van der Waals surface area contributed by atoms with Crippen molar-refractivity contribution in [1.82, 2.24) is 15.5 Å². The number of halogens is 3. The van der Waals surface area contributed by atoms with Crippen LogP contribution in [0.2, 0.25) is 0 Å². The SMILES string of the molecule is CCCN1CCC(CN=C(NCC)NC2CCN(c3ccccc3OC(F)F)C2)C1.I. The third kappa shape index (κ3) is 7.93. The Morgan fingerprint density at radius 3 is 2.74 bits per heavy atom. The van der Waals surface area contributed by atoms with E-state index < -0.39 is 6.61 Å². The number of benzene rings is 1. The number of rotatable bonds is 9. The molecule has 0 bridgehead atoms.